The lowest BCUT2D eigenvalue weighted by molar-refractivity contribution is 0.415. The number of hydrogen-bond acceptors (Lipinski definition) is 4. The smallest absolute Gasteiger partial charge is 0.262 e. The van der Waals surface area contributed by atoms with Gasteiger partial charge in [0.05, 0.1) is 23.4 Å². The summed E-state index contributed by atoms with van der Waals surface area (Å²) in [6, 6.07) is 8.70. The number of nitrogens with one attached hydrogen (secondary N) is 1. The van der Waals surface area contributed by atoms with Gasteiger partial charge in [-0.25, -0.2) is 8.42 Å². The lowest BCUT2D eigenvalue weighted by Crippen LogP contribution is -2.14. The SMILES string of the molecule is COc1ccc(N)c(NS(=O)(=O)c2cc(Cl)cc(Cl)c2)c1. The average Bonchev–Trinajstić information content (AvgIpc) is 2.40. The van der Waals surface area contributed by atoms with Crippen LogP contribution in [0.5, 0.6) is 5.75 Å². The Hall–Kier alpha value is -1.63. The molecular formula is C13H12Cl2N2O3S. The van der Waals surface area contributed by atoms with E-state index < -0.39 is 10.0 Å². The minimum absolute atomic E-state index is 0.0535. The summed E-state index contributed by atoms with van der Waals surface area (Å²) in [5.41, 5.74) is 6.24. The van der Waals surface area contributed by atoms with Gasteiger partial charge in [-0.1, -0.05) is 23.2 Å². The van der Waals surface area contributed by atoms with Crippen molar-refractivity contribution in [2.24, 2.45) is 0 Å². The molecule has 3 N–H and O–H groups in total. The van der Waals surface area contributed by atoms with Gasteiger partial charge in [0.15, 0.2) is 0 Å². The summed E-state index contributed by atoms with van der Waals surface area (Å²) in [7, 11) is -2.39. The molecule has 5 nitrogen and oxygen atoms in total. The maximum Gasteiger partial charge on any atom is 0.262 e. The maximum atomic E-state index is 12.3. The molecule has 8 heteroatoms. The van der Waals surface area contributed by atoms with Crippen molar-refractivity contribution in [1.82, 2.24) is 0 Å². The summed E-state index contributed by atoms with van der Waals surface area (Å²) in [5.74, 6) is 0.478. The van der Waals surface area contributed by atoms with Crippen LogP contribution in [-0.2, 0) is 10.0 Å². The minimum Gasteiger partial charge on any atom is -0.497 e. The lowest BCUT2D eigenvalue weighted by Gasteiger charge is -2.12. The molecule has 21 heavy (non-hydrogen) atoms. The summed E-state index contributed by atoms with van der Waals surface area (Å²) in [6.07, 6.45) is 0. The lowest BCUT2D eigenvalue weighted by atomic mass is 10.2. The van der Waals surface area contributed by atoms with Gasteiger partial charge in [-0.15, -0.1) is 0 Å². The van der Waals surface area contributed by atoms with E-state index in [2.05, 4.69) is 4.72 Å². The van der Waals surface area contributed by atoms with Crippen LogP contribution in [0.2, 0.25) is 10.0 Å². The molecule has 0 atom stereocenters. The zero-order valence-electron chi connectivity index (χ0n) is 10.9. The highest BCUT2D eigenvalue weighted by Crippen LogP contribution is 2.28. The summed E-state index contributed by atoms with van der Waals surface area (Å²) in [5, 5.41) is 0.447. The molecule has 0 spiro atoms. The fourth-order valence-electron chi connectivity index (χ4n) is 1.64. The number of methoxy groups -OCH3 is 1. The molecule has 0 heterocycles. The fraction of sp³-hybridized carbons (Fsp3) is 0.0769. The van der Waals surface area contributed by atoms with Crippen LogP contribution in [0.4, 0.5) is 11.4 Å². The molecule has 112 valence electrons. The first-order valence-electron chi connectivity index (χ1n) is 5.74. The molecule has 0 aliphatic heterocycles. The highest BCUT2D eigenvalue weighted by molar-refractivity contribution is 7.92. The van der Waals surface area contributed by atoms with Gasteiger partial charge in [0.1, 0.15) is 5.75 Å². The normalized spacial score (nSPS) is 11.2. The van der Waals surface area contributed by atoms with Crippen LogP contribution in [0.25, 0.3) is 0 Å². The molecular weight excluding hydrogens is 335 g/mol. The number of benzene rings is 2. The Morgan fingerprint density at radius 1 is 1.10 bits per heavy atom. The molecule has 0 saturated heterocycles. The number of nitrogens with two attached hydrogens (primary N) is 1. The second-order valence-electron chi connectivity index (χ2n) is 4.16. The second-order valence-corrected chi connectivity index (χ2v) is 6.72. The zero-order chi connectivity index (χ0) is 15.6. The predicted octanol–water partition coefficient (Wildman–Crippen LogP) is 3.39. The first kappa shape index (κ1) is 15.8. The number of rotatable bonds is 4. The third-order valence-electron chi connectivity index (χ3n) is 2.65. The van der Waals surface area contributed by atoms with Crippen LogP contribution >= 0.6 is 23.2 Å². The molecule has 0 aliphatic carbocycles. The van der Waals surface area contributed by atoms with Gasteiger partial charge in [-0.05, 0) is 30.3 Å². The number of ether oxygens (including phenoxy) is 1. The van der Waals surface area contributed by atoms with Crippen LogP contribution in [0.1, 0.15) is 0 Å². The molecule has 0 aliphatic rings. The molecule has 0 amide bonds. The van der Waals surface area contributed by atoms with E-state index in [-0.39, 0.29) is 26.3 Å². The predicted molar refractivity (Wildman–Crippen MR) is 84.7 cm³/mol. The van der Waals surface area contributed by atoms with Crippen LogP contribution in [0.15, 0.2) is 41.3 Å². The van der Waals surface area contributed by atoms with Crippen LogP contribution in [-0.4, -0.2) is 15.5 Å². The Kier molecular flexibility index (Phi) is 4.51. The molecule has 2 rings (SSSR count). The Morgan fingerprint density at radius 2 is 1.71 bits per heavy atom. The zero-order valence-corrected chi connectivity index (χ0v) is 13.3. The maximum absolute atomic E-state index is 12.3. The van der Waals surface area contributed by atoms with Crippen molar-refractivity contribution in [3.05, 3.63) is 46.4 Å². The van der Waals surface area contributed by atoms with Crippen LogP contribution in [0, 0.1) is 0 Å². The van der Waals surface area contributed by atoms with Crippen LogP contribution < -0.4 is 15.2 Å². The van der Waals surface area contributed by atoms with Crippen molar-refractivity contribution in [2.45, 2.75) is 4.90 Å². The van der Waals surface area contributed by atoms with Crippen molar-refractivity contribution >= 4 is 44.6 Å². The van der Waals surface area contributed by atoms with Gasteiger partial charge in [0.2, 0.25) is 0 Å². The molecule has 0 aromatic heterocycles. The second kappa shape index (κ2) is 6.01. The largest absolute Gasteiger partial charge is 0.497 e. The minimum atomic E-state index is -3.86. The number of anilines is 2. The van der Waals surface area contributed by atoms with E-state index in [4.69, 9.17) is 33.7 Å². The van der Waals surface area contributed by atoms with Crippen molar-refractivity contribution in [3.8, 4) is 5.75 Å². The van der Waals surface area contributed by atoms with Crippen molar-refractivity contribution in [1.29, 1.82) is 0 Å². The van der Waals surface area contributed by atoms with Crippen molar-refractivity contribution < 1.29 is 13.2 Å². The van der Waals surface area contributed by atoms with Crippen molar-refractivity contribution in [2.75, 3.05) is 17.6 Å². The number of sulfonamides is 1. The third kappa shape index (κ3) is 3.72. The van der Waals surface area contributed by atoms with E-state index >= 15 is 0 Å². The summed E-state index contributed by atoms with van der Waals surface area (Å²) < 4.78 is 32.1. The first-order chi connectivity index (χ1) is 9.81. The highest BCUT2D eigenvalue weighted by atomic mass is 35.5. The highest BCUT2D eigenvalue weighted by Gasteiger charge is 2.17. The molecule has 0 saturated carbocycles. The standard InChI is InChI=1S/C13H12Cl2N2O3S/c1-20-10-2-3-12(16)13(7-10)17-21(18,19)11-5-8(14)4-9(15)6-11/h2-7,17H,16H2,1H3. The van der Waals surface area contributed by atoms with E-state index in [0.717, 1.165) is 0 Å². The van der Waals surface area contributed by atoms with E-state index in [9.17, 15) is 8.42 Å². The molecule has 2 aromatic rings. The molecule has 0 radical (unpaired) electrons. The Bertz CT molecular complexity index is 759. The summed E-state index contributed by atoms with van der Waals surface area (Å²) in [6.45, 7) is 0. The van der Waals surface area contributed by atoms with Gasteiger partial charge in [0.25, 0.3) is 10.0 Å². The van der Waals surface area contributed by atoms with Crippen LogP contribution in [0.3, 0.4) is 0 Å². The number of hydrogen-bond donors (Lipinski definition) is 2. The fourth-order valence-corrected chi connectivity index (χ4v) is 3.44. The van der Waals surface area contributed by atoms with E-state index in [0.29, 0.717) is 5.75 Å². The molecule has 0 bridgehead atoms. The molecule has 0 fully saturated rings. The van der Waals surface area contributed by atoms with Gasteiger partial charge in [-0.2, -0.15) is 0 Å². The van der Waals surface area contributed by atoms with Gasteiger partial charge < -0.3 is 10.5 Å². The number of nitrogen functional groups attached to an aromatic ring is 1. The molecule has 0 unspecified atom stereocenters. The van der Waals surface area contributed by atoms with E-state index in [1.807, 2.05) is 0 Å². The topological polar surface area (TPSA) is 81.4 Å². The summed E-state index contributed by atoms with van der Waals surface area (Å²) in [4.78, 5) is -0.0535. The van der Waals surface area contributed by atoms with E-state index in [1.165, 1.54) is 31.4 Å². The van der Waals surface area contributed by atoms with E-state index in [1.54, 1.807) is 12.1 Å². The Labute approximate surface area is 132 Å². The quantitative estimate of drug-likeness (QED) is 0.831. The Morgan fingerprint density at radius 3 is 2.29 bits per heavy atom. The average molecular weight is 347 g/mol. The number of halogens is 2. The third-order valence-corrected chi connectivity index (χ3v) is 4.43. The van der Waals surface area contributed by atoms with Gasteiger partial charge in [-0.3, -0.25) is 4.72 Å². The van der Waals surface area contributed by atoms with Crippen molar-refractivity contribution in [3.63, 3.8) is 0 Å². The van der Waals surface area contributed by atoms with Gasteiger partial charge in [0, 0.05) is 16.1 Å². The monoisotopic (exact) mass is 346 g/mol. The molecule has 2 aromatic carbocycles. The van der Waals surface area contributed by atoms with Gasteiger partial charge >= 0.3 is 0 Å². The Balaban J connectivity index is 2.41. The first-order valence-corrected chi connectivity index (χ1v) is 7.98. The summed E-state index contributed by atoms with van der Waals surface area (Å²) >= 11 is 11.6.